The first kappa shape index (κ1) is 22.5. The SMILES string of the molecule is CCc1ccc(NC(=O)CSc2nnc(COc3cc(Cl)ccc3Cl)n2CC)cc1. The molecule has 1 amide bonds. The number of thioether (sulfide) groups is 1. The molecule has 1 aromatic heterocycles. The summed E-state index contributed by atoms with van der Waals surface area (Å²) in [4.78, 5) is 12.3. The molecule has 1 heterocycles. The van der Waals surface area contributed by atoms with Gasteiger partial charge in [-0.2, -0.15) is 0 Å². The number of amides is 1. The smallest absolute Gasteiger partial charge is 0.234 e. The molecule has 158 valence electrons. The van der Waals surface area contributed by atoms with E-state index in [1.165, 1.54) is 17.3 Å². The van der Waals surface area contributed by atoms with E-state index in [-0.39, 0.29) is 18.3 Å². The molecule has 0 aliphatic heterocycles. The van der Waals surface area contributed by atoms with Gasteiger partial charge >= 0.3 is 0 Å². The molecule has 30 heavy (non-hydrogen) atoms. The quantitative estimate of drug-likeness (QED) is 0.424. The van der Waals surface area contributed by atoms with Crippen LogP contribution in [0.1, 0.15) is 25.2 Å². The highest BCUT2D eigenvalue weighted by Gasteiger charge is 2.14. The van der Waals surface area contributed by atoms with E-state index in [9.17, 15) is 4.79 Å². The van der Waals surface area contributed by atoms with Crippen LogP contribution in [0.4, 0.5) is 5.69 Å². The maximum Gasteiger partial charge on any atom is 0.234 e. The van der Waals surface area contributed by atoms with Crippen LogP contribution in [-0.4, -0.2) is 26.4 Å². The second-order valence-electron chi connectivity index (χ2n) is 6.39. The van der Waals surface area contributed by atoms with E-state index in [0.717, 1.165) is 12.1 Å². The summed E-state index contributed by atoms with van der Waals surface area (Å²) in [6, 6.07) is 12.9. The average Bonchev–Trinajstić information content (AvgIpc) is 3.15. The highest BCUT2D eigenvalue weighted by atomic mass is 35.5. The van der Waals surface area contributed by atoms with Crippen molar-refractivity contribution in [2.24, 2.45) is 0 Å². The molecule has 0 radical (unpaired) electrons. The van der Waals surface area contributed by atoms with Gasteiger partial charge in [0.05, 0.1) is 10.8 Å². The highest BCUT2D eigenvalue weighted by Crippen LogP contribution is 2.28. The third-order valence-electron chi connectivity index (χ3n) is 4.34. The summed E-state index contributed by atoms with van der Waals surface area (Å²) in [5.74, 6) is 1.26. The number of anilines is 1. The van der Waals surface area contributed by atoms with E-state index in [0.29, 0.717) is 33.3 Å². The monoisotopic (exact) mass is 464 g/mol. The molecule has 0 atom stereocenters. The van der Waals surface area contributed by atoms with Crippen molar-refractivity contribution in [1.82, 2.24) is 14.8 Å². The minimum absolute atomic E-state index is 0.0987. The van der Waals surface area contributed by atoms with Gasteiger partial charge in [-0.1, -0.05) is 54.0 Å². The molecule has 3 aromatic rings. The lowest BCUT2D eigenvalue weighted by atomic mass is 10.1. The predicted molar refractivity (Wildman–Crippen MR) is 122 cm³/mol. The van der Waals surface area contributed by atoms with Crippen LogP contribution in [0.5, 0.6) is 5.75 Å². The number of aryl methyl sites for hydroxylation is 1. The Morgan fingerprint density at radius 3 is 2.60 bits per heavy atom. The van der Waals surface area contributed by atoms with E-state index >= 15 is 0 Å². The minimum Gasteiger partial charge on any atom is -0.484 e. The fraction of sp³-hybridized carbons (Fsp3) is 0.286. The Balaban J connectivity index is 1.58. The molecule has 0 aliphatic rings. The van der Waals surface area contributed by atoms with Crippen LogP contribution in [-0.2, 0) is 24.4 Å². The molecule has 0 saturated heterocycles. The minimum atomic E-state index is -0.0987. The summed E-state index contributed by atoms with van der Waals surface area (Å²) in [7, 11) is 0. The number of carbonyl (C=O) groups excluding carboxylic acids is 1. The van der Waals surface area contributed by atoms with Crippen molar-refractivity contribution < 1.29 is 9.53 Å². The van der Waals surface area contributed by atoms with E-state index in [1.807, 2.05) is 35.8 Å². The Bertz CT molecular complexity index is 1010. The van der Waals surface area contributed by atoms with Crippen LogP contribution in [0.25, 0.3) is 0 Å². The maximum absolute atomic E-state index is 12.3. The number of hydrogen-bond acceptors (Lipinski definition) is 5. The van der Waals surface area contributed by atoms with E-state index in [4.69, 9.17) is 27.9 Å². The summed E-state index contributed by atoms with van der Waals surface area (Å²) in [6.45, 7) is 4.92. The number of aromatic nitrogens is 3. The Morgan fingerprint density at radius 1 is 1.13 bits per heavy atom. The normalized spacial score (nSPS) is 10.8. The van der Waals surface area contributed by atoms with Gasteiger partial charge in [0.15, 0.2) is 11.0 Å². The van der Waals surface area contributed by atoms with Gasteiger partial charge in [0.1, 0.15) is 12.4 Å². The Hall–Kier alpha value is -2.22. The van der Waals surface area contributed by atoms with Crippen LogP contribution in [0, 0.1) is 0 Å². The Labute approximate surface area is 189 Å². The molecule has 3 rings (SSSR count). The molecule has 2 aromatic carbocycles. The molecule has 0 unspecified atom stereocenters. The van der Waals surface area contributed by atoms with E-state index in [1.54, 1.807) is 18.2 Å². The molecule has 0 spiro atoms. The zero-order valence-electron chi connectivity index (χ0n) is 16.7. The molecule has 0 fully saturated rings. The number of benzene rings is 2. The summed E-state index contributed by atoms with van der Waals surface area (Å²) in [5.41, 5.74) is 2.01. The second-order valence-corrected chi connectivity index (χ2v) is 8.18. The van der Waals surface area contributed by atoms with Crippen molar-refractivity contribution in [3.8, 4) is 5.75 Å². The van der Waals surface area contributed by atoms with Gasteiger partial charge in [-0.05, 0) is 43.2 Å². The molecular weight excluding hydrogens is 443 g/mol. The topological polar surface area (TPSA) is 69.0 Å². The van der Waals surface area contributed by atoms with Crippen LogP contribution in [0.3, 0.4) is 0 Å². The van der Waals surface area contributed by atoms with Gasteiger partial charge in [0.2, 0.25) is 5.91 Å². The number of nitrogens with zero attached hydrogens (tertiary/aromatic N) is 3. The van der Waals surface area contributed by atoms with Crippen LogP contribution >= 0.6 is 35.0 Å². The van der Waals surface area contributed by atoms with Crippen molar-refractivity contribution in [3.05, 3.63) is 63.9 Å². The molecule has 6 nitrogen and oxygen atoms in total. The summed E-state index contributed by atoms with van der Waals surface area (Å²) in [6.07, 6.45) is 0.965. The molecule has 0 saturated carbocycles. The number of rotatable bonds is 9. The van der Waals surface area contributed by atoms with E-state index in [2.05, 4.69) is 22.4 Å². The first-order valence-corrected chi connectivity index (χ1v) is 11.3. The Kier molecular flexibility index (Phi) is 8.01. The lowest BCUT2D eigenvalue weighted by Gasteiger charge is -2.10. The first-order chi connectivity index (χ1) is 14.5. The number of nitrogens with one attached hydrogen (secondary N) is 1. The second kappa shape index (κ2) is 10.7. The fourth-order valence-electron chi connectivity index (χ4n) is 2.73. The first-order valence-electron chi connectivity index (χ1n) is 9.51. The molecule has 0 bridgehead atoms. The largest absolute Gasteiger partial charge is 0.484 e. The van der Waals surface area contributed by atoms with Crippen molar-refractivity contribution in [3.63, 3.8) is 0 Å². The number of ether oxygens (including phenoxy) is 1. The zero-order valence-corrected chi connectivity index (χ0v) is 19.0. The van der Waals surface area contributed by atoms with Gasteiger partial charge in [0.25, 0.3) is 0 Å². The molecule has 1 N–H and O–H groups in total. The molecular formula is C21H22Cl2N4O2S. The summed E-state index contributed by atoms with van der Waals surface area (Å²) < 4.78 is 7.66. The standard InChI is InChI=1S/C21H22Cl2N4O2S/c1-3-14-5-8-16(9-6-14)24-20(28)13-30-21-26-25-19(27(21)4-2)12-29-18-11-15(22)7-10-17(18)23/h5-11H,3-4,12-13H2,1-2H3,(H,24,28). The van der Waals surface area contributed by atoms with Crippen LogP contribution < -0.4 is 10.1 Å². The third-order valence-corrected chi connectivity index (χ3v) is 5.85. The van der Waals surface area contributed by atoms with Gasteiger partial charge in [0, 0.05) is 23.3 Å². The van der Waals surface area contributed by atoms with Crippen molar-refractivity contribution in [2.45, 2.75) is 38.6 Å². The number of halogens is 2. The van der Waals surface area contributed by atoms with E-state index < -0.39 is 0 Å². The third kappa shape index (κ3) is 5.90. The summed E-state index contributed by atoms with van der Waals surface area (Å²) in [5, 5.41) is 13.0. The van der Waals surface area contributed by atoms with Crippen molar-refractivity contribution in [1.29, 1.82) is 0 Å². The van der Waals surface area contributed by atoms with Gasteiger partial charge in [-0.25, -0.2) is 0 Å². The predicted octanol–water partition coefficient (Wildman–Crippen LogP) is 5.48. The zero-order chi connectivity index (χ0) is 21.5. The lowest BCUT2D eigenvalue weighted by Crippen LogP contribution is -2.15. The van der Waals surface area contributed by atoms with Gasteiger partial charge in [-0.15, -0.1) is 10.2 Å². The van der Waals surface area contributed by atoms with Gasteiger partial charge < -0.3 is 14.6 Å². The summed E-state index contributed by atoms with van der Waals surface area (Å²) >= 11 is 13.5. The number of carbonyl (C=O) groups is 1. The lowest BCUT2D eigenvalue weighted by molar-refractivity contribution is -0.113. The van der Waals surface area contributed by atoms with Gasteiger partial charge in [-0.3, -0.25) is 4.79 Å². The van der Waals surface area contributed by atoms with Crippen molar-refractivity contribution >= 4 is 46.6 Å². The number of hydrogen-bond donors (Lipinski definition) is 1. The van der Waals surface area contributed by atoms with Crippen LogP contribution in [0.2, 0.25) is 10.0 Å². The Morgan fingerprint density at radius 2 is 1.90 bits per heavy atom. The van der Waals surface area contributed by atoms with Crippen LogP contribution in [0.15, 0.2) is 47.6 Å². The maximum atomic E-state index is 12.3. The van der Waals surface area contributed by atoms with Crippen molar-refractivity contribution in [2.75, 3.05) is 11.1 Å². The average molecular weight is 465 g/mol. The highest BCUT2D eigenvalue weighted by molar-refractivity contribution is 7.99. The molecule has 9 heteroatoms. The molecule has 0 aliphatic carbocycles. The fourth-order valence-corrected chi connectivity index (χ4v) is 3.89.